The normalized spacial score (nSPS) is 13.8. The van der Waals surface area contributed by atoms with Crippen molar-refractivity contribution in [1.82, 2.24) is 0 Å². The van der Waals surface area contributed by atoms with E-state index in [-0.39, 0.29) is 0 Å². The minimum atomic E-state index is -2.03. The fourth-order valence-electron chi connectivity index (χ4n) is 1.83. The van der Waals surface area contributed by atoms with E-state index in [2.05, 4.69) is 18.6 Å². The molecule has 108 valence electrons. The molecule has 5 heteroatoms. The number of nitrogens with one attached hydrogen (secondary N) is 1. The van der Waals surface area contributed by atoms with Crippen LogP contribution in [0.4, 0.5) is 5.69 Å². The molecule has 19 heavy (non-hydrogen) atoms. The van der Waals surface area contributed by atoms with E-state index in [1.807, 2.05) is 12.1 Å². The SMILES string of the molecule is CCCCC(CC)COc1ccc(NS(=O)O)cc1. The Bertz CT molecular complexity index is 381. The van der Waals surface area contributed by atoms with Crippen LogP contribution in [0.5, 0.6) is 5.75 Å². The Balaban J connectivity index is 2.41. The fraction of sp³-hybridized carbons (Fsp3) is 0.571. The van der Waals surface area contributed by atoms with Crippen molar-refractivity contribution < 1.29 is 13.5 Å². The van der Waals surface area contributed by atoms with Crippen LogP contribution in [0, 0.1) is 5.92 Å². The lowest BCUT2D eigenvalue weighted by molar-refractivity contribution is 0.233. The molecular weight excluding hydrogens is 262 g/mol. The lowest BCUT2D eigenvalue weighted by atomic mass is 10.0. The highest BCUT2D eigenvalue weighted by Crippen LogP contribution is 2.19. The average molecular weight is 285 g/mol. The van der Waals surface area contributed by atoms with Crippen molar-refractivity contribution >= 4 is 17.0 Å². The fourth-order valence-corrected chi connectivity index (χ4v) is 2.17. The molecule has 1 rings (SSSR count). The van der Waals surface area contributed by atoms with Gasteiger partial charge in [0, 0.05) is 5.69 Å². The van der Waals surface area contributed by atoms with Gasteiger partial charge in [-0.1, -0.05) is 33.1 Å². The van der Waals surface area contributed by atoms with Gasteiger partial charge in [0.05, 0.1) is 6.61 Å². The van der Waals surface area contributed by atoms with Crippen LogP contribution >= 0.6 is 0 Å². The Labute approximate surface area is 118 Å². The van der Waals surface area contributed by atoms with Crippen molar-refractivity contribution in [2.24, 2.45) is 5.92 Å². The van der Waals surface area contributed by atoms with Crippen LogP contribution in [0.2, 0.25) is 0 Å². The molecule has 0 bridgehead atoms. The first kappa shape index (κ1) is 16.0. The molecule has 0 amide bonds. The highest BCUT2D eigenvalue weighted by atomic mass is 32.2. The molecule has 2 unspecified atom stereocenters. The summed E-state index contributed by atoms with van der Waals surface area (Å²) in [5.41, 5.74) is 0.603. The molecule has 1 aromatic rings. The highest BCUT2D eigenvalue weighted by Gasteiger charge is 2.07. The number of benzene rings is 1. The molecular formula is C14H23NO3S. The summed E-state index contributed by atoms with van der Waals surface area (Å²) in [5, 5.41) is 0. The van der Waals surface area contributed by atoms with Crippen LogP contribution in [0.15, 0.2) is 24.3 Å². The molecule has 1 aromatic carbocycles. The maximum atomic E-state index is 10.6. The predicted octanol–water partition coefficient (Wildman–Crippen LogP) is 3.83. The third kappa shape index (κ3) is 6.59. The second kappa shape index (κ2) is 8.93. The molecule has 0 fully saturated rings. The van der Waals surface area contributed by atoms with Gasteiger partial charge in [-0.15, -0.1) is 0 Å². The Hall–Kier alpha value is -1.07. The number of rotatable bonds is 9. The maximum Gasteiger partial charge on any atom is 0.259 e. The summed E-state index contributed by atoms with van der Waals surface area (Å²) >= 11 is -2.03. The van der Waals surface area contributed by atoms with Crippen molar-refractivity contribution in [2.45, 2.75) is 39.5 Å². The van der Waals surface area contributed by atoms with Crippen molar-refractivity contribution in [2.75, 3.05) is 11.3 Å². The predicted molar refractivity (Wildman–Crippen MR) is 79.6 cm³/mol. The maximum absolute atomic E-state index is 10.6. The molecule has 0 heterocycles. The molecule has 2 atom stereocenters. The first-order valence-corrected chi connectivity index (χ1v) is 7.86. The van der Waals surface area contributed by atoms with Crippen molar-refractivity contribution in [3.8, 4) is 5.75 Å². The van der Waals surface area contributed by atoms with Crippen molar-refractivity contribution in [3.05, 3.63) is 24.3 Å². The third-order valence-electron chi connectivity index (χ3n) is 3.09. The van der Waals surface area contributed by atoms with E-state index in [0.29, 0.717) is 11.6 Å². The Morgan fingerprint density at radius 2 is 2.00 bits per heavy atom. The Morgan fingerprint density at radius 3 is 2.53 bits per heavy atom. The van der Waals surface area contributed by atoms with Gasteiger partial charge >= 0.3 is 0 Å². The zero-order chi connectivity index (χ0) is 14.1. The van der Waals surface area contributed by atoms with E-state index < -0.39 is 11.3 Å². The van der Waals surface area contributed by atoms with Gasteiger partial charge in [0.25, 0.3) is 11.3 Å². The topological polar surface area (TPSA) is 58.6 Å². The van der Waals surface area contributed by atoms with Crippen LogP contribution in [0.1, 0.15) is 39.5 Å². The molecule has 0 saturated heterocycles. The van der Waals surface area contributed by atoms with E-state index in [4.69, 9.17) is 9.29 Å². The van der Waals surface area contributed by atoms with E-state index in [1.54, 1.807) is 12.1 Å². The Kier molecular flexibility index (Phi) is 7.52. The standard InChI is InChI=1S/C14H23NO3S/c1-3-5-6-12(4-2)11-18-14-9-7-13(8-10-14)15-19(16)17/h7-10,12,15H,3-6,11H2,1-2H3,(H,16,17). The molecule has 2 N–H and O–H groups in total. The molecule has 0 saturated carbocycles. The molecule has 0 aliphatic rings. The second-order valence-electron chi connectivity index (χ2n) is 4.60. The molecule has 0 spiro atoms. The molecule has 0 aliphatic heterocycles. The molecule has 0 radical (unpaired) electrons. The minimum absolute atomic E-state index is 0.600. The molecule has 0 aliphatic carbocycles. The first-order valence-electron chi connectivity index (χ1n) is 6.76. The van der Waals surface area contributed by atoms with E-state index in [1.165, 1.54) is 19.3 Å². The van der Waals surface area contributed by atoms with Gasteiger partial charge in [0.1, 0.15) is 5.75 Å². The third-order valence-corrected chi connectivity index (χ3v) is 3.50. The Morgan fingerprint density at radius 1 is 1.32 bits per heavy atom. The first-order chi connectivity index (χ1) is 9.15. The van der Waals surface area contributed by atoms with Gasteiger partial charge in [-0.25, -0.2) is 4.21 Å². The summed E-state index contributed by atoms with van der Waals surface area (Å²) in [5.74, 6) is 1.40. The van der Waals surface area contributed by atoms with Gasteiger partial charge in [-0.2, -0.15) is 0 Å². The van der Waals surface area contributed by atoms with E-state index in [0.717, 1.165) is 18.8 Å². The second-order valence-corrected chi connectivity index (χ2v) is 5.31. The summed E-state index contributed by atoms with van der Waals surface area (Å²) in [6.07, 6.45) is 4.79. The molecule has 4 nitrogen and oxygen atoms in total. The van der Waals surface area contributed by atoms with E-state index in [9.17, 15) is 4.21 Å². The smallest absolute Gasteiger partial charge is 0.259 e. The van der Waals surface area contributed by atoms with Crippen LogP contribution in [0.3, 0.4) is 0 Å². The lowest BCUT2D eigenvalue weighted by Crippen LogP contribution is -2.11. The van der Waals surface area contributed by atoms with Crippen LogP contribution in [0.25, 0.3) is 0 Å². The summed E-state index contributed by atoms with van der Waals surface area (Å²) in [6.45, 7) is 5.12. The van der Waals surface area contributed by atoms with Gasteiger partial charge in [0.15, 0.2) is 0 Å². The van der Waals surface area contributed by atoms with Gasteiger partial charge in [-0.05, 0) is 36.6 Å². The van der Waals surface area contributed by atoms with Crippen LogP contribution in [-0.4, -0.2) is 15.4 Å². The summed E-state index contributed by atoms with van der Waals surface area (Å²) in [7, 11) is 0. The monoisotopic (exact) mass is 285 g/mol. The minimum Gasteiger partial charge on any atom is -0.493 e. The summed E-state index contributed by atoms with van der Waals surface area (Å²) < 4.78 is 27.4. The summed E-state index contributed by atoms with van der Waals surface area (Å²) in [4.78, 5) is 0. The van der Waals surface area contributed by atoms with Gasteiger partial charge < -0.3 is 4.74 Å². The highest BCUT2D eigenvalue weighted by molar-refractivity contribution is 7.80. The van der Waals surface area contributed by atoms with Crippen molar-refractivity contribution in [1.29, 1.82) is 0 Å². The number of anilines is 1. The lowest BCUT2D eigenvalue weighted by Gasteiger charge is -2.15. The average Bonchev–Trinajstić information content (AvgIpc) is 2.40. The quantitative estimate of drug-likeness (QED) is 0.678. The van der Waals surface area contributed by atoms with E-state index >= 15 is 0 Å². The van der Waals surface area contributed by atoms with Crippen LogP contribution < -0.4 is 9.46 Å². The zero-order valence-corrected chi connectivity index (χ0v) is 12.4. The number of hydrogen-bond acceptors (Lipinski definition) is 2. The largest absolute Gasteiger partial charge is 0.493 e. The number of ether oxygens (including phenoxy) is 1. The molecule has 0 aromatic heterocycles. The number of hydrogen-bond donors (Lipinski definition) is 2. The van der Waals surface area contributed by atoms with Gasteiger partial charge in [0.2, 0.25) is 0 Å². The van der Waals surface area contributed by atoms with Gasteiger partial charge in [-0.3, -0.25) is 9.27 Å². The number of unbranched alkanes of at least 4 members (excludes halogenated alkanes) is 1. The van der Waals surface area contributed by atoms with Crippen molar-refractivity contribution in [3.63, 3.8) is 0 Å². The van der Waals surface area contributed by atoms with Crippen LogP contribution in [-0.2, 0) is 11.3 Å². The summed E-state index contributed by atoms with van der Waals surface area (Å²) in [6, 6.07) is 7.08. The zero-order valence-electron chi connectivity index (χ0n) is 11.6.